The predicted octanol–water partition coefficient (Wildman–Crippen LogP) is 3.97. The summed E-state index contributed by atoms with van der Waals surface area (Å²) in [4.78, 5) is 2.16. The van der Waals surface area contributed by atoms with Gasteiger partial charge in [-0.25, -0.2) is 4.68 Å². The molecule has 1 aliphatic rings. The van der Waals surface area contributed by atoms with Gasteiger partial charge in [0.05, 0.1) is 23.3 Å². The molecule has 0 fully saturated rings. The standard InChI is InChI=1S/C19H18N4S/c1-14-17(12-21-23(14)16-10-6-3-7-11-16)18-13-24-19(20)22(18)15-8-4-2-5-9-15/h2-13,19H,20H2,1H3. The molecule has 1 atom stereocenters. The first-order valence-corrected chi connectivity index (χ1v) is 8.76. The summed E-state index contributed by atoms with van der Waals surface area (Å²) in [6.45, 7) is 2.09. The molecular weight excluding hydrogens is 316 g/mol. The number of thioether (sulfide) groups is 1. The average Bonchev–Trinajstić information content (AvgIpc) is 3.19. The molecule has 3 aromatic rings. The predicted molar refractivity (Wildman–Crippen MR) is 101 cm³/mol. The fourth-order valence-corrected chi connectivity index (χ4v) is 3.81. The van der Waals surface area contributed by atoms with E-state index in [9.17, 15) is 0 Å². The van der Waals surface area contributed by atoms with Crippen LogP contribution in [0.25, 0.3) is 11.4 Å². The van der Waals surface area contributed by atoms with Crippen LogP contribution in [0.15, 0.2) is 72.3 Å². The van der Waals surface area contributed by atoms with E-state index in [1.807, 2.05) is 47.3 Å². The number of nitrogens with zero attached hydrogens (tertiary/aromatic N) is 3. The molecular formula is C19H18N4S. The maximum atomic E-state index is 6.32. The zero-order chi connectivity index (χ0) is 16.5. The third-order valence-electron chi connectivity index (χ3n) is 4.15. The Bertz CT molecular complexity index is 871. The van der Waals surface area contributed by atoms with Gasteiger partial charge in [-0.15, -0.1) is 0 Å². The lowest BCUT2D eigenvalue weighted by molar-refractivity contribution is 0.846. The first kappa shape index (κ1) is 15.1. The summed E-state index contributed by atoms with van der Waals surface area (Å²) >= 11 is 1.62. The van der Waals surface area contributed by atoms with Gasteiger partial charge in [-0.1, -0.05) is 48.2 Å². The average molecular weight is 334 g/mol. The van der Waals surface area contributed by atoms with Crippen LogP contribution in [0.5, 0.6) is 0 Å². The van der Waals surface area contributed by atoms with E-state index in [1.165, 1.54) is 0 Å². The Hall–Kier alpha value is -2.50. The van der Waals surface area contributed by atoms with Crippen molar-refractivity contribution in [3.05, 3.63) is 83.5 Å². The molecule has 0 amide bonds. The number of para-hydroxylation sites is 2. The van der Waals surface area contributed by atoms with Crippen molar-refractivity contribution in [1.82, 2.24) is 9.78 Å². The zero-order valence-electron chi connectivity index (χ0n) is 13.3. The lowest BCUT2D eigenvalue weighted by Gasteiger charge is -2.26. The number of anilines is 1. The second kappa shape index (κ2) is 6.19. The summed E-state index contributed by atoms with van der Waals surface area (Å²) in [5, 5.41) is 6.70. The van der Waals surface area contributed by atoms with E-state index in [-0.39, 0.29) is 5.50 Å². The van der Waals surface area contributed by atoms with Gasteiger partial charge in [-0.3, -0.25) is 0 Å². The molecule has 4 rings (SSSR count). The van der Waals surface area contributed by atoms with Crippen molar-refractivity contribution in [3.8, 4) is 5.69 Å². The van der Waals surface area contributed by atoms with E-state index in [4.69, 9.17) is 5.73 Å². The Morgan fingerprint density at radius 3 is 2.25 bits per heavy atom. The van der Waals surface area contributed by atoms with Gasteiger partial charge >= 0.3 is 0 Å². The third-order valence-corrected chi connectivity index (χ3v) is 5.00. The quantitative estimate of drug-likeness (QED) is 0.787. The number of aromatic nitrogens is 2. The first-order valence-electron chi connectivity index (χ1n) is 7.81. The molecule has 1 aliphatic heterocycles. The second-order valence-corrected chi connectivity index (χ2v) is 6.62. The van der Waals surface area contributed by atoms with Gasteiger partial charge in [0.15, 0.2) is 0 Å². The van der Waals surface area contributed by atoms with Crippen LogP contribution in [0.1, 0.15) is 11.3 Å². The summed E-state index contributed by atoms with van der Waals surface area (Å²) in [6.07, 6.45) is 1.92. The van der Waals surface area contributed by atoms with E-state index in [0.29, 0.717) is 0 Å². The Balaban J connectivity index is 1.75. The van der Waals surface area contributed by atoms with Crippen molar-refractivity contribution in [2.75, 3.05) is 4.90 Å². The highest BCUT2D eigenvalue weighted by Gasteiger charge is 2.28. The van der Waals surface area contributed by atoms with Crippen LogP contribution >= 0.6 is 11.8 Å². The molecule has 24 heavy (non-hydrogen) atoms. The van der Waals surface area contributed by atoms with Crippen LogP contribution in [0.3, 0.4) is 0 Å². The number of benzene rings is 2. The zero-order valence-corrected chi connectivity index (χ0v) is 14.1. The smallest absolute Gasteiger partial charge is 0.134 e. The highest BCUT2D eigenvalue weighted by molar-refractivity contribution is 8.03. The highest BCUT2D eigenvalue weighted by atomic mass is 32.2. The molecule has 0 spiro atoms. The molecule has 0 radical (unpaired) electrons. The van der Waals surface area contributed by atoms with Crippen molar-refractivity contribution in [1.29, 1.82) is 0 Å². The van der Waals surface area contributed by atoms with Gasteiger partial charge in [0.1, 0.15) is 5.50 Å². The minimum Gasteiger partial charge on any atom is -0.315 e. The molecule has 2 N–H and O–H groups in total. The lowest BCUT2D eigenvalue weighted by atomic mass is 10.1. The fraction of sp³-hybridized carbons (Fsp3) is 0.105. The molecule has 0 saturated heterocycles. The molecule has 120 valence electrons. The first-order chi connectivity index (χ1) is 11.8. The SMILES string of the molecule is Cc1c(C2=CSC(N)N2c2ccccc2)cnn1-c1ccccc1. The summed E-state index contributed by atoms with van der Waals surface area (Å²) in [5.74, 6) is 0. The number of rotatable bonds is 3. The third kappa shape index (κ3) is 2.52. The maximum Gasteiger partial charge on any atom is 0.134 e. The summed E-state index contributed by atoms with van der Waals surface area (Å²) in [6, 6.07) is 20.4. The fourth-order valence-electron chi connectivity index (χ4n) is 2.95. The number of nitrogens with two attached hydrogens (primary N) is 1. The Morgan fingerprint density at radius 2 is 1.58 bits per heavy atom. The normalized spacial score (nSPS) is 17.2. The van der Waals surface area contributed by atoms with Gasteiger partial charge in [0.25, 0.3) is 0 Å². The second-order valence-electron chi connectivity index (χ2n) is 5.63. The van der Waals surface area contributed by atoms with Gasteiger partial charge < -0.3 is 10.6 Å². The van der Waals surface area contributed by atoms with Crippen molar-refractivity contribution >= 4 is 23.1 Å². The molecule has 4 nitrogen and oxygen atoms in total. The van der Waals surface area contributed by atoms with Crippen LogP contribution in [-0.4, -0.2) is 15.3 Å². The number of hydrogen-bond acceptors (Lipinski definition) is 4. The van der Waals surface area contributed by atoms with Gasteiger partial charge in [-0.05, 0) is 36.6 Å². The van der Waals surface area contributed by atoms with Gasteiger partial charge in [-0.2, -0.15) is 5.10 Å². The molecule has 2 heterocycles. The number of hydrogen-bond donors (Lipinski definition) is 1. The molecule has 5 heteroatoms. The van der Waals surface area contributed by atoms with E-state index in [2.05, 4.69) is 46.6 Å². The highest BCUT2D eigenvalue weighted by Crippen LogP contribution is 2.39. The summed E-state index contributed by atoms with van der Waals surface area (Å²) in [5.41, 5.74) is 11.6. The van der Waals surface area contributed by atoms with Crippen molar-refractivity contribution < 1.29 is 0 Å². The largest absolute Gasteiger partial charge is 0.315 e. The van der Waals surface area contributed by atoms with E-state index < -0.39 is 0 Å². The Labute approximate surface area is 145 Å². The molecule has 0 aliphatic carbocycles. The minimum absolute atomic E-state index is 0.123. The Morgan fingerprint density at radius 1 is 0.958 bits per heavy atom. The van der Waals surface area contributed by atoms with Gasteiger partial charge in [0.2, 0.25) is 0 Å². The van der Waals surface area contributed by atoms with Gasteiger partial charge in [0, 0.05) is 11.3 Å². The monoisotopic (exact) mass is 334 g/mol. The van der Waals surface area contributed by atoms with Crippen LogP contribution in [0, 0.1) is 6.92 Å². The minimum atomic E-state index is -0.123. The van der Waals surface area contributed by atoms with Crippen molar-refractivity contribution in [2.45, 2.75) is 12.4 Å². The molecule has 2 aromatic carbocycles. The molecule has 1 unspecified atom stereocenters. The van der Waals surface area contributed by atoms with Crippen LogP contribution in [0.4, 0.5) is 5.69 Å². The lowest BCUT2D eigenvalue weighted by Crippen LogP contribution is -2.34. The van der Waals surface area contributed by atoms with Crippen molar-refractivity contribution in [3.63, 3.8) is 0 Å². The topological polar surface area (TPSA) is 47.1 Å². The van der Waals surface area contributed by atoms with Crippen LogP contribution in [-0.2, 0) is 0 Å². The van der Waals surface area contributed by atoms with E-state index in [0.717, 1.165) is 28.3 Å². The van der Waals surface area contributed by atoms with Crippen molar-refractivity contribution in [2.24, 2.45) is 5.73 Å². The van der Waals surface area contributed by atoms with E-state index in [1.54, 1.807) is 11.8 Å². The maximum absolute atomic E-state index is 6.32. The molecule has 0 saturated carbocycles. The Kier molecular flexibility index (Phi) is 3.88. The summed E-state index contributed by atoms with van der Waals surface area (Å²) < 4.78 is 1.97. The summed E-state index contributed by atoms with van der Waals surface area (Å²) in [7, 11) is 0. The van der Waals surface area contributed by atoms with Crippen LogP contribution in [0.2, 0.25) is 0 Å². The van der Waals surface area contributed by atoms with E-state index >= 15 is 0 Å². The molecule has 1 aromatic heterocycles. The van der Waals surface area contributed by atoms with Crippen LogP contribution < -0.4 is 10.6 Å². The molecule has 0 bridgehead atoms.